The third-order valence-electron chi connectivity index (χ3n) is 1.07. The van der Waals surface area contributed by atoms with Gasteiger partial charge in [-0.05, 0) is 12.1 Å². The van der Waals surface area contributed by atoms with Crippen molar-refractivity contribution < 1.29 is 0 Å². The minimum absolute atomic E-state index is 0.234. The highest BCUT2D eigenvalue weighted by atomic mass is 32.1. The molecule has 0 unspecified atom stereocenters. The number of rotatable bonds is 1. The highest BCUT2D eigenvalue weighted by Gasteiger charge is 1.99. The summed E-state index contributed by atoms with van der Waals surface area (Å²) in [5.41, 5.74) is 11.8. The summed E-state index contributed by atoms with van der Waals surface area (Å²) in [7, 11) is 0. The van der Waals surface area contributed by atoms with E-state index in [9.17, 15) is 0 Å². The quantitative estimate of drug-likeness (QED) is 0.569. The van der Waals surface area contributed by atoms with Gasteiger partial charge in [-0.15, -0.1) is 0 Å². The topological polar surface area (TPSA) is 64.9 Å². The zero-order valence-electron chi connectivity index (χ0n) is 5.24. The van der Waals surface area contributed by atoms with E-state index in [1.54, 1.807) is 18.3 Å². The molecule has 0 amide bonds. The van der Waals surface area contributed by atoms with Crippen LogP contribution < -0.4 is 11.5 Å². The first-order valence-corrected chi connectivity index (χ1v) is 3.13. The van der Waals surface area contributed by atoms with Gasteiger partial charge in [0.05, 0.1) is 5.69 Å². The Labute approximate surface area is 64.1 Å². The van der Waals surface area contributed by atoms with Crippen molar-refractivity contribution >= 4 is 22.9 Å². The van der Waals surface area contributed by atoms with Crippen molar-refractivity contribution in [2.75, 3.05) is 5.73 Å². The van der Waals surface area contributed by atoms with Crippen LogP contribution in [0, 0.1) is 0 Å². The molecule has 0 saturated carbocycles. The zero-order valence-corrected chi connectivity index (χ0v) is 6.06. The lowest BCUT2D eigenvalue weighted by Gasteiger charge is -1.98. The van der Waals surface area contributed by atoms with E-state index < -0.39 is 0 Å². The van der Waals surface area contributed by atoms with Gasteiger partial charge in [0.25, 0.3) is 0 Å². The van der Waals surface area contributed by atoms with E-state index in [1.807, 2.05) is 0 Å². The number of thiocarbonyl (C=S) groups is 1. The molecule has 0 spiro atoms. The molecule has 1 aromatic rings. The van der Waals surface area contributed by atoms with Crippen LogP contribution in [0.3, 0.4) is 0 Å². The van der Waals surface area contributed by atoms with Gasteiger partial charge >= 0.3 is 0 Å². The lowest BCUT2D eigenvalue weighted by molar-refractivity contribution is 1.30. The summed E-state index contributed by atoms with van der Waals surface area (Å²) in [6.45, 7) is 0. The molecule has 4 N–H and O–H groups in total. The van der Waals surface area contributed by atoms with Gasteiger partial charge in [0, 0.05) is 6.20 Å². The van der Waals surface area contributed by atoms with Crippen LogP contribution in [-0.2, 0) is 0 Å². The first kappa shape index (κ1) is 6.95. The average molecular weight is 153 g/mol. The normalized spacial score (nSPS) is 9.20. The van der Waals surface area contributed by atoms with Gasteiger partial charge in [0.15, 0.2) is 0 Å². The Morgan fingerprint density at radius 2 is 2.30 bits per heavy atom. The Hall–Kier alpha value is -1.16. The highest BCUT2D eigenvalue weighted by molar-refractivity contribution is 7.80. The van der Waals surface area contributed by atoms with Crippen LogP contribution in [0.25, 0.3) is 0 Å². The molecule has 0 fully saturated rings. The summed E-state index contributed by atoms with van der Waals surface area (Å²) in [6.07, 6.45) is 1.60. The molecule has 52 valence electrons. The van der Waals surface area contributed by atoms with Gasteiger partial charge < -0.3 is 11.5 Å². The first-order valence-electron chi connectivity index (χ1n) is 2.72. The van der Waals surface area contributed by atoms with Crippen LogP contribution in [0.2, 0.25) is 0 Å². The molecule has 0 aliphatic heterocycles. The Bertz CT molecular complexity index is 259. The molecule has 1 heterocycles. The Morgan fingerprint density at radius 3 is 2.70 bits per heavy atom. The van der Waals surface area contributed by atoms with Crippen molar-refractivity contribution in [3.05, 3.63) is 24.0 Å². The second kappa shape index (κ2) is 2.62. The van der Waals surface area contributed by atoms with Gasteiger partial charge in [-0.25, -0.2) is 0 Å². The molecule has 0 aliphatic carbocycles. The van der Waals surface area contributed by atoms with Crippen molar-refractivity contribution in [2.24, 2.45) is 5.73 Å². The van der Waals surface area contributed by atoms with Crippen LogP contribution in [0.5, 0.6) is 0 Å². The molecule has 0 aliphatic rings. The molecule has 0 aromatic carbocycles. The average Bonchev–Trinajstić information content (AvgIpc) is 1.88. The van der Waals surface area contributed by atoms with Gasteiger partial charge in [-0.3, -0.25) is 4.98 Å². The summed E-state index contributed by atoms with van der Waals surface area (Å²) in [5, 5.41) is 0. The van der Waals surface area contributed by atoms with Crippen molar-refractivity contribution in [3.63, 3.8) is 0 Å². The summed E-state index contributed by atoms with van der Waals surface area (Å²) >= 11 is 4.68. The minimum Gasteiger partial charge on any atom is -0.397 e. The van der Waals surface area contributed by atoms with Crippen LogP contribution in [-0.4, -0.2) is 9.97 Å². The first-order chi connectivity index (χ1) is 4.72. The molecule has 0 atom stereocenters. The van der Waals surface area contributed by atoms with Crippen molar-refractivity contribution in [1.29, 1.82) is 0 Å². The lowest BCUT2D eigenvalue weighted by Crippen LogP contribution is -2.13. The van der Waals surface area contributed by atoms with Gasteiger partial charge in [0.1, 0.15) is 10.7 Å². The second-order valence-electron chi connectivity index (χ2n) is 1.81. The number of nitrogen functional groups attached to an aromatic ring is 1. The third kappa shape index (κ3) is 1.22. The smallest absolute Gasteiger partial charge is 0.124 e. The fraction of sp³-hybridized carbons (Fsp3) is 0. The number of hydrogen-bond acceptors (Lipinski definition) is 3. The highest BCUT2D eigenvalue weighted by Crippen LogP contribution is 2.05. The van der Waals surface area contributed by atoms with Crippen LogP contribution in [0.4, 0.5) is 5.69 Å². The largest absolute Gasteiger partial charge is 0.397 e. The molecular formula is C6H7N3S. The van der Waals surface area contributed by atoms with Crippen LogP contribution >= 0.6 is 12.2 Å². The van der Waals surface area contributed by atoms with E-state index in [4.69, 9.17) is 11.5 Å². The predicted molar refractivity (Wildman–Crippen MR) is 44.5 cm³/mol. The Balaban J connectivity index is 3.15. The zero-order chi connectivity index (χ0) is 7.56. The molecule has 1 aromatic heterocycles. The van der Waals surface area contributed by atoms with Gasteiger partial charge in [-0.1, -0.05) is 12.2 Å². The molecule has 4 heteroatoms. The summed E-state index contributed by atoms with van der Waals surface area (Å²) < 4.78 is 0. The molecule has 10 heavy (non-hydrogen) atoms. The van der Waals surface area contributed by atoms with Crippen molar-refractivity contribution in [1.82, 2.24) is 4.98 Å². The predicted octanol–water partition coefficient (Wildman–Crippen LogP) is 0.298. The van der Waals surface area contributed by atoms with Crippen molar-refractivity contribution in [3.8, 4) is 0 Å². The van der Waals surface area contributed by atoms with Gasteiger partial charge in [0.2, 0.25) is 0 Å². The van der Waals surface area contributed by atoms with Crippen LogP contribution in [0.15, 0.2) is 18.3 Å². The minimum atomic E-state index is 0.234. The lowest BCUT2D eigenvalue weighted by atomic mass is 10.3. The summed E-state index contributed by atoms with van der Waals surface area (Å²) in [6, 6.07) is 3.44. The second-order valence-corrected chi connectivity index (χ2v) is 2.25. The molecule has 1 rings (SSSR count). The van der Waals surface area contributed by atoms with E-state index in [0.717, 1.165) is 0 Å². The maximum atomic E-state index is 5.49. The number of aromatic nitrogens is 1. The fourth-order valence-electron chi connectivity index (χ4n) is 0.624. The fourth-order valence-corrected chi connectivity index (χ4v) is 0.794. The van der Waals surface area contributed by atoms with Crippen LogP contribution in [0.1, 0.15) is 5.69 Å². The number of anilines is 1. The Kier molecular flexibility index (Phi) is 1.82. The maximum absolute atomic E-state index is 5.49. The van der Waals surface area contributed by atoms with E-state index >= 15 is 0 Å². The Morgan fingerprint density at radius 1 is 1.60 bits per heavy atom. The SMILES string of the molecule is NC(=S)c1ncccc1N. The molecule has 0 saturated heterocycles. The number of nitrogens with zero attached hydrogens (tertiary/aromatic N) is 1. The van der Waals surface area contributed by atoms with E-state index in [-0.39, 0.29) is 4.99 Å². The monoisotopic (exact) mass is 153 g/mol. The summed E-state index contributed by atoms with van der Waals surface area (Å²) in [5.74, 6) is 0. The van der Waals surface area contributed by atoms with E-state index in [1.165, 1.54) is 0 Å². The molecule has 0 bridgehead atoms. The number of hydrogen-bond donors (Lipinski definition) is 2. The standard InChI is InChI=1S/C6H7N3S/c7-4-2-1-3-9-5(4)6(8)10/h1-3H,7H2,(H2,8,10). The summed E-state index contributed by atoms with van der Waals surface area (Å²) in [4.78, 5) is 4.12. The number of pyridine rings is 1. The van der Waals surface area contributed by atoms with E-state index in [2.05, 4.69) is 17.2 Å². The molecular weight excluding hydrogens is 146 g/mol. The third-order valence-corrected chi connectivity index (χ3v) is 1.27. The van der Waals surface area contributed by atoms with Gasteiger partial charge in [-0.2, -0.15) is 0 Å². The molecule has 3 nitrogen and oxygen atoms in total. The van der Waals surface area contributed by atoms with E-state index in [0.29, 0.717) is 11.4 Å². The maximum Gasteiger partial charge on any atom is 0.124 e. The molecule has 0 radical (unpaired) electrons. The number of nitrogens with two attached hydrogens (primary N) is 2. The van der Waals surface area contributed by atoms with Crippen molar-refractivity contribution in [2.45, 2.75) is 0 Å².